The van der Waals surface area contributed by atoms with E-state index >= 15 is 0 Å². The third-order valence-electron chi connectivity index (χ3n) is 3.29. The first kappa shape index (κ1) is 15.4. The van der Waals surface area contributed by atoms with Crippen LogP contribution in [0.2, 0.25) is 0 Å². The molecule has 2 atom stereocenters. The van der Waals surface area contributed by atoms with Gasteiger partial charge in [-0.05, 0) is 23.4 Å². The Bertz CT molecular complexity index is 680. The van der Waals surface area contributed by atoms with Crippen LogP contribution in [0, 0.1) is 4.78 Å². The predicted octanol–water partition coefficient (Wildman–Crippen LogP) is 3.17. The second-order valence-electron chi connectivity index (χ2n) is 4.68. The third kappa shape index (κ3) is 3.04. The van der Waals surface area contributed by atoms with E-state index in [1.165, 1.54) is 0 Å². The monoisotopic (exact) mass is 301 g/mol. The lowest BCUT2D eigenvalue weighted by atomic mass is 10.1. The van der Waals surface area contributed by atoms with Crippen molar-refractivity contribution in [3.63, 3.8) is 0 Å². The smallest absolute Gasteiger partial charge is 0.167 e. The molecule has 0 amide bonds. The molecule has 110 valence electrons. The molecule has 0 bridgehead atoms. The normalized spacial score (nSPS) is 22.1. The maximum Gasteiger partial charge on any atom is 0.167 e. The summed E-state index contributed by atoms with van der Waals surface area (Å²) in [6, 6.07) is -0.0720. The number of carbonyl (C=O) groups excluding carboxylic acids is 1. The number of hydrogen-bond donors (Lipinski definition) is 2. The number of aryl methyl sites for hydroxylation is 1. The zero-order chi connectivity index (χ0) is 15.4. The minimum absolute atomic E-state index is 0.0720. The molecule has 0 spiro atoms. The van der Waals surface area contributed by atoms with Gasteiger partial charge in [0.25, 0.3) is 0 Å². The molecule has 5 heteroatoms. The van der Waals surface area contributed by atoms with E-state index in [1.54, 1.807) is 10.6 Å². The summed E-state index contributed by atoms with van der Waals surface area (Å²) in [5, 5.41) is 0. The summed E-state index contributed by atoms with van der Waals surface area (Å²) in [4.78, 5) is 12.1. The van der Waals surface area contributed by atoms with Gasteiger partial charge in [0.1, 0.15) is 0 Å². The van der Waals surface area contributed by atoms with Crippen LogP contribution in [-0.2, 0) is 17.9 Å². The van der Waals surface area contributed by atoms with Gasteiger partial charge in [-0.3, -0.25) is 9.57 Å². The topological polar surface area (TPSA) is 57.9 Å². The lowest BCUT2D eigenvalue weighted by Crippen LogP contribution is -2.28. The molecule has 0 fully saturated rings. The number of hydrogen-bond acceptors (Lipinski definition) is 2. The summed E-state index contributed by atoms with van der Waals surface area (Å²) in [5.74, 6) is 0. The number of carbonyl (C=O) groups is 1. The average Bonchev–Trinajstić information content (AvgIpc) is 2.70. The van der Waals surface area contributed by atoms with Crippen molar-refractivity contribution < 1.29 is 4.79 Å². The molecule has 2 heterocycles. The fourth-order valence-corrected chi connectivity index (χ4v) is 3.55. The molecule has 0 saturated heterocycles. The van der Waals surface area contributed by atoms with E-state index in [0.717, 1.165) is 22.3 Å². The van der Waals surface area contributed by atoms with E-state index in [-0.39, 0.29) is 6.04 Å². The van der Waals surface area contributed by atoms with Crippen molar-refractivity contribution in [2.45, 2.75) is 17.9 Å². The van der Waals surface area contributed by atoms with Gasteiger partial charge in [-0.15, -0.1) is 0 Å². The largest absolute Gasteiger partial charge is 0.347 e. The number of aldehydes is 1. The Morgan fingerprint density at radius 3 is 2.95 bits per heavy atom. The average molecular weight is 301 g/mol. The highest BCUT2D eigenvalue weighted by Crippen LogP contribution is 2.25. The lowest BCUT2D eigenvalue weighted by molar-refractivity contribution is 0.111. The van der Waals surface area contributed by atoms with Crippen LogP contribution in [0.4, 0.5) is 0 Å². The van der Waals surface area contributed by atoms with E-state index in [0.29, 0.717) is 5.69 Å². The second-order valence-corrected chi connectivity index (χ2v) is 5.97. The Morgan fingerprint density at radius 2 is 2.33 bits per heavy atom. The molecule has 2 rings (SSSR count). The van der Waals surface area contributed by atoms with E-state index in [9.17, 15) is 4.79 Å². The Hall–Kier alpha value is -1.98. The molecule has 1 aliphatic heterocycles. The van der Waals surface area contributed by atoms with Crippen molar-refractivity contribution in [1.82, 2.24) is 9.29 Å². The first-order chi connectivity index (χ1) is 10.1. The Balaban J connectivity index is 2.47. The van der Waals surface area contributed by atoms with Crippen molar-refractivity contribution in [1.29, 1.82) is 4.78 Å². The maximum absolute atomic E-state index is 11.2. The van der Waals surface area contributed by atoms with Crippen LogP contribution in [0.3, 0.4) is 0 Å². The number of aromatic nitrogens is 1. The van der Waals surface area contributed by atoms with Crippen LogP contribution in [0.25, 0.3) is 6.08 Å². The number of nitrogens with one attached hydrogen (secondary N) is 2. The van der Waals surface area contributed by atoms with Crippen molar-refractivity contribution in [3.8, 4) is 0 Å². The molecule has 1 aliphatic rings. The SMILES string of the molecule is C=C/C=C(\C=C/C)C1C=Cc2c(cn(C)c2C=O)S(=N)N1. The Morgan fingerprint density at radius 1 is 1.57 bits per heavy atom. The summed E-state index contributed by atoms with van der Waals surface area (Å²) < 4.78 is 13.4. The predicted molar refractivity (Wildman–Crippen MR) is 88.2 cm³/mol. The van der Waals surface area contributed by atoms with E-state index in [4.69, 9.17) is 4.78 Å². The molecule has 1 aromatic heterocycles. The quantitative estimate of drug-likeness (QED) is 0.663. The van der Waals surface area contributed by atoms with Crippen LogP contribution in [0.5, 0.6) is 0 Å². The van der Waals surface area contributed by atoms with E-state index in [1.807, 2.05) is 50.5 Å². The summed E-state index contributed by atoms with van der Waals surface area (Å²) in [5.41, 5.74) is 2.48. The van der Waals surface area contributed by atoms with Gasteiger partial charge in [-0.2, -0.15) is 0 Å². The number of fused-ring (bicyclic) bond motifs is 1. The highest BCUT2D eigenvalue weighted by atomic mass is 32.2. The van der Waals surface area contributed by atoms with Crippen molar-refractivity contribution in [3.05, 3.63) is 60.0 Å². The molecule has 0 radical (unpaired) electrons. The Labute approximate surface area is 127 Å². The minimum atomic E-state index is -0.883. The summed E-state index contributed by atoms with van der Waals surface area (Å²) in [6.07, 6.45) is 14.2. The number of allylic oxidation sites excluding steroid dienone is 3. The van der Waals surface area contributed by atoms with Gasteiger partial charge in [0.15, 0.2) is 6.29 Å². The molecule has 2 unspecified atom stereocenters. The minimum Gasteiger partial charge on any atom is -0.347 e. The fourth-order valence-electron chi connectivity index (χ4n) is 2.30. The molecule has 0 saturated carbocycles. The first-order valence-corrected chi connectivity index (χ1v) is 7.84. The van der Waals surface area contributed by atoms with Crippen molar-refractivity contribution >= 4 is 23.2 Å². The van der Waals surface area contributed by atoms with Crippen LogP contribution in [0.1, 0.15) is 23.0 Å². The van der Waals surface area contributed by atoms with Gasteiger partial charge < -0.3 is 4.57 Å². The maximum atomic E-state index is 11.2. The highest BCUT2D eigenvalue weighted by molar-refractivity contribution is 7.84. The van der Waals surface area contributed by atoms with E-state index < -0.39 is 10.9 Å². The number of nitrogens with zero attached hydrogens (tertiary/aromatic N) is 1. The molecule has 0 aliphatic carbocycles. The van der Waals surface area contributed by atoms with E-state index in [2.05, 4.69) is 11.3 Å². The molecular weight excluding hydrogens is 282 g/mol. The molecule has 0 aromatic carbocycles. The van der Waals surface area contributed by atoms with Crippen LogP contribution in [-0.4, -0.2) is 16.9 Å². The van der Waals surface area contributed by atoms with Gasteiger partial charge in [0.2, 0.25) is 0 Å². The van der Waals surface area contributed by atoms with Gasteiger partial charge >= 0.3 is 0 Å². The fraction of sp³-hybridized carbons (Fsp3) is 0.188. The van der Waals surface area contributed by atoms with Gasteiger partial charge in [0.05, 0.1) is 16.6 Å². The molecule has 2 N–H and O–H groups in total. The van der Waals surface area contributed by atoms with Gasteiger partial charge in [0, 0.05) is 18.8 Å². The molecular formula is C16H19N3OS. The summed E-state index contributed by atoms with van der Waals surface area (Å²) in [6.45, 7) is 5.69. The summed E-state index contributed by atoms with van der Waals surface area (Å²) in [7, 11) is 0.941. The zero-order valence-electron chi connectivity index (χ0n) is 12.2. The molecule has 21 heavy (non-hydrogen) atoms. The van der Waals surface area contributed by atoms with Crippen LogP contribution >= 0.6 is 0 Å². The molecule has 4 nitrogen and oxygen atoms in total. The van der Waals surface area contributed by atoms with Crippen molar-refractivity contribution in [2.75, 3.05) is 0 Å². The first-order valence-electron chi connectivity index (χ1n) is 6.62. The summed E-state index contributed by atoms with van der Waals surface area (Å²) >= 11 is 0. The molecule has 1 aromatic rings. The third-order valence-corrected chi connectivity index (χ3v) is 4.55. The lowest BCUT2D eigenvalue weighted by Gasteiger charge is -2.15. The van der Waals surface area contributed by atoms with Gasteiger partial charge in [-0.25, -0.2) is 4.72 Å². The van der Waals surface area contributed by atoms with Crippen LogP contribution in [0.15, 0.2) is 53.6 Å². The number of rotatable bonds is 4. The zero-order valence-corrected chi connectivity index (χ0v) is 13.0. The van der Waals surface area contributed by atoms with Crippen molar-refractivity contribution in [2.24, 2.45) is 7.05 Å². The second kappa shape index (κ2) is 6.65. The Kier molecular flexibility index (Phi) is 4.88. The highest BCUT2D eigenvalue weighted by Gasteiger charge is 2.20. The standard InChI is InChI=1S/C16H19N3OS/c1-4-6-12(7-5-2)14-9-8-13-15(11-20)19(3)10-16(13)21(17)18-14/h4-11,14H,1H2,2-3H3,(H2,17,18)/b7-5-,12-6+. The van der Waals surface area contributed by atoms with Gasteiger partial charge in [-0.1, -0.05) is 43.0 Å². The van der Waals surface area contributed by atoms with Crippen LogP contribution < -0.4 is 4.72 Å².